The van der Waals surface area contributed by atoms with Gasteiger partial charge in [-0.2, -0.15) is 0 Å². The molecule has 2 nitrogen and oxygen atoms in total. The smallest absolute Gasteiger partial charge is 0.131 e. The van der Waals surface area contributed by atoms with Crippen LogP contribution in [0.2, 0.25) is 0 Å². The largest absolute Gasteiger partial charge is 0.366 e. The number of carbonyl (C=O) groups is 1. The fourth-order valence-electron chi connectivity index (χ4n) is 2.09. The van der Waals surface area contributed by atoms with E-state index >= 15 is 0 Å². The summed E-state index contributed by atoms with van der Waals surface area (Å²) in [6, 6.07) is 18.7. The Balaban J connectivity index is 2.20. The Bertz CT molecular complexity index is 568. The minimum Gasteiger partial charge on any atom is -0.366 e. The van der Waals surface area contributed by atoms with Crippen LogP contribution in [0.1, 0.15) is 18.9 Å². The van der Waals surface area contributed by atoms with E-state index in [0.29, 0.717) is 6.42 Å². The minimum atomic E-state index is 0.231. The summed E-state index contributed by atoms with van der Waals surface area (Å²) < 4.78 is 1.21. The van der Waals surface area contributed by atoms with Crippen molar-refractivity contribution in [1.29, 1.82) is 0 Å². The second-order valence-corrected chi connectivity index (χ2v) is 5.97. The summed E-state index contributed by atoms with van der Waals surface area (Å²) in [5, 5.41) is 0. The van der Waals surface area contributed by atoms with E-state index in [1.807, 2.05) is 18.2 Å². The summed E-state index contributed by atoms with van der Waals surface area (Å²) in [7, 11) is 0. The van der Waals surface area contributed by atoms with Crippen LogP contribution in [0.3, 0.4) is 0 Å². The van der Waals surface area contributed by atoms with Gasteiger partial charge in [-0.3, -0.25) is 4.79 Å². The van der Waals surface area contributed by atoms with Crippen LogP contribution in [-0.2, 0) is 11.3 Å². The maximum absolute atomic E-state index is 11.3. The second kappa shape index (κ2) is 7.43. The SMILES string of the molecule is CC(=O)CCN(Cc1ccccc1)c1ccccc1I. The van der Waals surface area contributed by atoms with Gasteiger partial charge in [-0.15, -0.1) is 0 Å². The predicted octanol–water partition coefficient (Wildman–Crippen LogP) is 4.28. The summed E-state index contributed by atoms with van der Waals surface area (Å²) in [5.74, 6) is 0.231. The molecule has 0 unspecified atom stereocenters. The summed E-state index contributed by atoms with van der Waals surface area (Å²) in [4.78, 5) is 13.6. The van der Waals surface area contributed by atoms with Crippen molar-refractivity contribution in [1.82, 2.24) is 0 Å². The summed E-state index contributed by atoms with van der Waals surface area (Å²) in [6.45, 7) is 3.23. The van der Waals surface area contributed by atoms with E-state index in [9.17, 15) is 4.79 Å². The van der Waals surface area contributed by atoms with E-state index < -0.39 is 0 Å². The van der Waals surface area contributed by atoms with Crippen molar-refractivity contribution in [3.63, 3.8) is 0 Å². The Labute approximate surface area is 133 Å². The zero-order valence-corrected chi connectivity index (χ0v) is 13.7. The maximum Gasteiger partial charge on any atom is 0.131 e. The number of nitrogens with zero attached hydrogens (tertiary/aromatic N) is 1. The van der Waals surface area contributed by atoms with Gasteiger partial charge < -0.3 is 4.90 Å². The zero-order valence-electron chi connectivity index (χ0n) is 11.6. The monoisotopic (exact) mass is 379 g/mol. The van der Waals surface area contributed by atoms with Gasteiger partial charge in [0.2, 0.25) is 0 Å². The maximum atomic E-state index is 11.3. The molecule has 0 aliphatic heterocycles. The topological polar surface area (TPSA) is 20.3 Å². The van der Waals surface area contributed by atoms with Gasteiger partial charge in [0, 0.05) is 23.1 Å². The second-order valence-electron chi connectivity index (χ2n) is 4.81. The number of Topliss-reactive ketones (excluding diaryl/α,β-unsaturated/α-hetero) is 1. The Morgan fingerprint density at radius 1 is 1.05 bits per heavy atom. The fraction of sp³-hybridized carbons (Fsp3) is 0.235. The highest BCUT2D eigenvalue weighted by molar-refractivity contribution is 14.1. The van der Waals surface area contributed by atoms with Crippen molar-refractivity contribution in [3.05, 3.63) is 63.7 Å². The summed E-state index contributed by atoms with van der Waals surface area (Å²) >= 11 is 2.35. The molecule has 0 spiro atoms. The van der Waals surface area contributed by atoms with Crippen molar-refractivity contribution in [2.75, 3.05) is 11.4 Å². The van der Waals surface area contributed by atoms with E-state index in [-0.39, 0.29) is 5.78 Å². The van der Waals surface area contributed by atoms with Crippen molar-refractivity contribution in [2.45, 2.75) is 19.9 Å². The molecule has 0 saturated heterocycles. The molecule has 0 heterocycles. The van der Waals surface area contributed by atoms with Crippen molar-refractivity contribution >= 4 is 34.1 Å². The van der Waals surface area contributed by atoms with Gasteiger partial charge in [0.15, 0.2) is 0 Å². The lowest BCUT2D eigenvalue weighted by Gasteiger charge is -2.25. The van der Waals surface area contributed by atoms with E-state index in [4.69, 9.17) is 0 Å². The van der Waals surface area contributed by atoms with Crippen molar-refractivity contribution < 1.29 is 4.79 Å². The Morgan fingerprint density at radius 2 is 1.70 bits per heavy atom. The first kappa shape index (κ1) is 15.0. The first-order chi connectivity index (χ1) is 9.66. The third-order valence-corrected chi connectivity index (χ3v) is 4.06. The average Bonchev–Trinajstić information content (AvgIpc) is 2.45. The number of anilines is 1. The number of carbonyl (C=O) groups excluding carboxylic acids is 1. The van der Waals surface area contributed by atoms with Crippen molar-refractivity contribution in [2.24, 2.45) is 0 Å². The molecule has 3 heteroatoms. The van der Waals surface area contributed by atoms with Gasteiger partial charge in [-0.1, -0.05) is 42.5 Å². The van der Waals surface area contributed by atoms with Crippen LogP contribution in [-0.4, -0.2) is 12.3 Å². The molecular weight excluding hydrogens is 361 g/mol. The molecule has 0 aliphatic carbocycles. The van der Waals surface area contributed by atoms with Crippen LogP contribution in [0.25, 0.3) is 0 Å². The molecule has 0 amide bonds. The van der Waals surface area contributed by atoms with Gasteiger partial charge in [-0.05, 0) is 47.2 Å². The third kappa shape index (κ3) is 4.34. The van der Waals surface area contributed by atoms with Gasteiger partial charge >= 0.3 is 0 Å². The molecule has 0 saturated carbocycles. The van der Waals surface area contributed by atoms with Crippen LogP contribution >= 0.6 is 22.6 Å². The first-order valence-electron chi connectivity index (χ1n) is 6.69. The Kier molecular flexibility index (Phi) is 5.59. The highest BCUT2D eigenvalue weighted by atomic mass is 127. The molecule has 20 heavy (non-hydrogen) atoms. The standard InChI is InChI=1S/C17H18INO/c1-14(20)11-12-19(13-15-7-3-2-4-8-15)17-10-6-5-9-16(17)18/h2-10H,11-13H2,1H3. The molecule has 0 aromatic heterocycles. The molecule has 0 N–H and O–H groups in total. The molecule has 0 bridgehead atoms. The number of para-hydroxylation sites is 1. The number of rotatable bonds is 6. The third-order valence-electron chi connectivity index (χ3n) is 3.14. The fourth-order valence-corrected chi connectivity index (χ4v) is 2.82. The molecule has 2 aromatic carbocycles. The van der Waals surface area contributed by atoms with E-state index in [1.165, 1.54) is 14.8 Å². The molecule has 0 radical (unpaired) electrons. The number of halogens is 1. The van der Waals surface area contributed by atoms with Gasteiger partial charge in [-0.25, -0.2) is 0 Å². The van der Waals surface area contributed by atoms with E-state index in [0.717, 1.165) is 13.1 Å². The zero-order chi connectivity index (χ0) is 14.4. The highest BCUT2D eigenvalue weighted by Crippen LogP contribution is 2.24. The van der Waals surface area contributed by atoms with Crippen LogP contribution < -0.4 is 4.90 Å². The average molecular weight is 379 g/mol. The highest BCUT2D eigenvalue weighted by Gasteiger charge is 2.11. The van der Waals surface area contributed by atoms with Crippen LogP contribution in [0, 0.1) is 3.57 Å². The van der Waals surface area contributed by atoms with E-state index in [1.54, 1.807) is 6.92 Å². The summed E-state index contributed by atoms with van der Waals surface area (Å²) in [6.07, 6.45) is 0.581. The van der Waals surface area contributed by atoms with E-state index in [2.05, 4.69) is 63.9 Å². The number of hydrogen-bond acceptors (Lipinski definition) is 2. The molecule has 104 valence electrons. The molecule has 0 fully saturated rings. The molecule has 0 atom stereocenters. The quantitative estimate of drug-likeness (QED) is 0.699. The van der Waals surface area contributed by atoms with Crippen molar-refractivity contribution in [3.8, 4) is 0 Å². The molecule has 0 aliphatic rings. The van der Waals surface area contributed by atoms with Gasteiger partial charge in [0.25, 0.3) is 0 Å². The lowest BCUT2D eigenvalue weighted by atomic mass is 10.1. The summed E-state index contributed by atoms with van der Waals surface area (Å²) in [5.41, 5.74) is 2.45. The van der Waals surface area contributed by atoms with Gasteiger partial charge in [0.05, 0.1) is 5.69 Å². The first-order valence-corrected chi connectivity index (χ1v) is 7.77. The van der Waals surface area contributed by atoms with Crippen LogP contribution in [0.15, 0.2) is 54.6 Å². The molecule has 2 aromatic rings. The van der Waals surface area contributed by atoms with Crippen LogP contribution in [0.4, 0.5) is 5.69 Å². The number of benzene rings is 2. The molecular formula is C17H18INO. The Morgan fingerprint density at radius 3 is 2.35 bits per heavy atom. The number of ketones is 1. The minimum absolute atomic E-state index is 0.231. The predicted molar refractivity (Wildman–Crippen MR) is 91.9 cm³/mol. The Hall–Kier alpha value is -1.36. The number of hydrogen-bond donors (Lipinski definition) is 0. The lowest BCUT2D eigenvalue weighted by Crippen LogP contribution is -2.26. The normalized spacial score (nSPS) is 10.3. The lowest BCUT2D eigenvalue weighted by molar-refractivity contribution is -0.116. The molecule has 2 rings (SSSR count). The van der Waals surface area contributed by atoms with Crippen LogP contribution in [0.5, 0.6) is 0 Å². The van der Waals surface area contributed by atoms with Gasteiger partial charge in [0.1, 0.15) is 5.78 Å².